The van der Waals surface area contributed by atoms with Crippen LogP contribution in [0.5, 0.6) is 0 Å². The predicted octanol–water partition coefficient (Wildman–Crippen LogP) is 3.70. The second-order valence-electron chi connectivity index (χ2n) is 2.67. The Hall–Kier alpha value is -0.520. The lowest BCUT2D eigenvalue weighted by Crippen LogP contribution is -1.75. The summed E-state index contributed by atoms with van der Waals surface area (Å²) in [6.07, 6.45) is 9.08. The molecule has 10 heavy (non-hydrogen) atoms. The van der Waals surface area contributed by atoms with E-state index in [1.807, 2.05) is 6.08 Å². The first-order valence-corrected chi connectivity index (χ1v) is 4.07. The predicted molar refractivity (Wildman–Crippen MR) is 48.1 cm³/mol. The largest absolute Gasteiger partial charge is 0.103 e. The van der Waals surface area contributed by atoms with Crippen molar-refractivity contribution in [3.05, 3.63) is 24.3 Å². The molecule has 0 atom stereocenters. The van der Waals surface area contributed by atoms with Crippen molar-refractivity contribution in [3.63, 3.8) is 0 Å². The molecule has 0 saturated heterocycles. The molecule has 58 valence electrons. The van der Waals surface area contributed by atoms with Gasteiger partial charge in [0.2, 0.25) is 0 Å². The van der Waals surface area contributed by atoms with E-state index in [0.717, 1.165) is 6.42 Å². The van der Waals surface area contributed by atoms with E-state index in [4.69, 9.17) is 0 Å². The highest BCUT2D eigenvalue weighted by molar-refractivity contribution is 4.98. The van der Waals surface area contributed by atoms with Crippen molar-refractivity contribution in [1.29, 1.82) is 0 Å². The summed E-state index contributed by atoms with van der Waals surface area (Å²) in [5.41, 5.74) is 1.50. The molecule has 0 N–H and O–H groups in total. The van der Waals surface area contributed by atoms with E-state index in [9.17, 15) is 0 Å². The van der Waals surface area contributed by atoms with Gasteiger partial charge in [0.25, 0.3) is 0 Å². The quantitative estimate of drug-likeness (QED) is 0.508. The average molecular weight is 138 g/mol. The summed E-state index contributed by atoms with van der Waals surface area (Å²) in [6, 6.07) is 0. The maximum atomic E-state index is 3.69. The Kier molecular flexibility index (Phi) is 6.25. The lowest BCUT2D eigenvalue weighted by molar-refractivity contribution is 0.912. The Labute approximate surface area is 64.6 Å². The van der Waals surface area contributed by atoms with Crippen LogP contribution >= 0.6 is 0 Å². The van der Waals surface area contributed by atoms with Crippen molar-refractivity contribution in [2.75, 3.05) is 0 Å². The third-order valence-electron chi connectivity index (χ3n) is 1.52. The van der Waals surface area contributed by atoms with E-state index in [1.54, 1.807) is 0 Å². The molecule has 0 aliphatic rings. The summed E-state index contributed by atoms with van der Waals surface area (Å²) in [5, 5.41) is 0. The van der Waals surface area contributed by atoms with E-state index in [1.165, 1.54) is 24.8 Å². The summed E-state index contributed by atoms with van der Waals surface area (Å²) >= 11 is 0. The first-order valence-electron chi connectivity index (χ1n) is 4.07. The van der Waals surface area contributed by atoms with E-state index in [2.05, 4.69) is 26.5 Å². The Morgan fingerprint density at radius 1 is 1.40 bits per heavy atom. The molecule has 0 heteroatoms. The summed E-state index contributed by atoms with van der Waals surface area (Å²) in [4.78, 5) is 0. The van der Waals surface area contributed by atoms with Crippen LogP contribution in [-0.2, 0) is 0 Å². The second-order valence-corrected chi connectivity index (χ2v) is 2.67. The first kappa shape index (κ1) is 9.48. The van der Waals surface area contributed by atoms with Crippen LogP contribution in [0.3, 0.4) is 0 Å². The van der Waals surface area contributed by atoms with Crippen LogP contribution in [0, 0.1) is 0 Å². The van der Waals surface area contributed by atoms with Crippen LogP contribution in [0.25, 0.3) is 0 Å². The van der Waals surface area contributed by atoms with Gasteiger partial charge in [-0.3, -0.25) is 0 Å². The van der Waals surface area contributed by atoms with Gasteiger partial charge in [-0.05, 0) is 26.2 Å². The van der Waals surface area contributed by atoms with Crippen LogP contribution in [0.1, 0.15) is 39.5 Å². The number of hydrogen-bond acceptors (Lipinski definition) is 0. The topological polar surface area (TPSA) is 0 Å². The molecule has 0 aromatic rings. The summed E-state index contributed by atoms with van der Waals surface area (Å²) in [5.74, 6) is 0. The van der Waals surface area contributed by atoms with Gasteiger partial charge in [-0.25, -0.2) is 0 Å². The molecule has 0 aromatic carbocycles. The van der Waals surface area contributed by atoms with Crippen LogP contribution < -0.4 is 0 Å². The van der Waals surface area contributed by atoms with Crippen LogP contribution in [0.4, 0.5) is 0 Å². The zero-order valence-electron chi connectivity index (χ0n) is 7.19. The molecule has 0 aliphatic carbocycles. The van der Waals surface area contributed by atoms with E-state index >= 15 is 0 Å². The first-order chi connectivity index (χ1) is 4.81. The zero-order chi connectivity index (χ0) is 7.82. The van der Waals surface area contributed by atoms with Gasteiger partial charge in [-0.15, -0.1) is 6.58 Å². The minimum atomic E-state index is 1.12. The van der Waals surface area contributed by atoms with Gasteiger partial charge < -0.3 is 0 Å². The van der Waals surface area contributed by atoms with Crippen molar-refractivity contribution in [2.24, 2.45) is 0 Å². The smallest absolute Gasteiger partial charge is 0.0288 e. The maximum Gasteiger partial charge on any atom is -0.0288 e. The van der Waals surface area contributed by atoms with Gasteiger partial charge in [0.15, 0.2) is 0 Å². The lowest BCUT2D eigenvalue weighted by atomic mass is 10.1. The molecule has 0 rings (SSSR count). The van der Waals surface area contributed by atoms with E-state index in [0.29, 0.717) is 0 Å². The number of unbranched alkanes of at least 4 members (excludes halogenated alkanes) is 1. The standard InChI is InChI=1S/C10H18/c1-4-6-8-10(3)9-7-5-2/h4,9H,1,5-8H2,2-3H3/b10-9-. The van der Waals surface area contributed by atoms with Crippen molar-refractivity contribution < 1.29 is 0 Å². The average Bonchev–Trinajstić information content (AvgIpc) is 1.97. The number of hydrogen-bond donors (Lipinski definition) is 0. The monoisotopic (exact) mass is 138 g/mol. The molecule has 0 nitrogen and oxygen atoms in total. The fourth-order valence-electron chi connectivity index (χ4n) is 0.823. The highest BCUT2D eigenvalue weighted by Gasteiger charge is 1.85. The molecule has 0 aromatic heterocycles. The molecule has 0 saturated carbocycles. The Morgan fingerprint density at radius 3 is 2.60 bits per heavy atom. The molecule has 0 heterocycles. The molecule has 0 aliphatic heterocycles. The molecular weight excluding hydrogens is 120 g/mol. The highest BCUT2D eigenvalue weighted by Crippen LogP contribution is 2.05. The Morgan fingerprint density at radius 2 is 2.10 bits per heavy atom. The van der Waals surface area contributed by atoms with Gasteiger partial charge in [-0.2, -0.15) is 0 Å². The maximum absolute atomic E-state index is 3.69. The van der Waals surface area contributed by atoms with Crippen molar-refractivity contribution in [1.82, 2.24) is 0 Å². The Balaban J connectivity index is 3.38. The van der Waals surface area contributed by atoms with Gasteiger partial charge in [0.1, 0.15) is 0 Å². The van der Waals surface area contributed by atoms with Crippen molar-refractivity contribution in [2.45, 2.75) is 39.5 Å². The van der Waals surface area contributed by atoms with Gasteiger partial charge >= 0.3 is 0 Å². The number of allylic oxidation sites excluding steroid dienone is 3. The van der Waals surface area contributed by atoms with Crippen LogP contribution in [0.15, 0.2) is 24.3 Å². The minimum absolute atomic E-state index is 1.12. The van der Waals surface area contributed by atoms with Crippen molar-refractivity contribution >= 4 is 0 Å². The van der Waals surface area contributed by atoms with Crippen LogP contribution in [-0.4, -0.2) is 0 Å². The normalized spacial score (nSPS) is 11.6. The lowest BCUT2D eigenvalue weighted by Gasteiger charge is -1.95. The fraction of sp³-hybridized carbons (Fsp3) is 0.600. The van der Waals surface area contributed by atoms with Gasteiger partial charge in [0, 0.05) is 0 Å². The second kappa shape index (κ2) is 6.60. The summed E-state index contributed by atoms with van der Waals surface area (Å²) < 4.78 is 0. The molecule has 0 bridgehead atoms. The van der Waals surface area contributed by atoms with Crippen molar-refractivity contribution in [3.8, 4) is 0 Å². The highest BCUT2D eigenvalue weighted by atomic mass is 13.9. The molecular formula is C10H18. The van der Waals surface area contributed by atoms with Gasteiger partial charge in [0.05, 0.1) is 0 Å². The zero-order valence-corrected chi connectivity index (χ0v) is 7.19. The number of rotatable bonds is 5. The molecule has 0 unspecified atom stereocenters. The molecule has 0 fully saturated rings. The van der Waals surface area contributed by atoms with E-state index < -0.39 is 0 Å². The Bertz CT molecular complexity index is 109. The molecule has 0 spiro atoms. The summed E-state index contributed by atoms with van der Waals surface area (Å²) in [7, 11) is 0. The fourth-order valence-corrected chi connectivity index (χ4v) is 0.823. The van der Waals surface area contributed by atoms with Gasteiger partial charge in [-0.1, -0.05) is 31.1 Å². The molecule has 0 amide bonds. The van der Waals surface area contributed by atoms with E-state index in [-0.39, 0.29) is 0 Å². The SMILES string of the molecule is C=CCC/C(C)=C\CCC. The third kappa shape index (κ3) is 5.61. The van der Waals surface area contributed by atoms with Crippen LogP contribution in [0.2, 0.25) is 0 Å². The minimum Gasteiger partial charge on any atom is -0.103 e. The summed E-state index contributed by atoms with van der Waals surface area (Å²) in [6.45, 7) is 8.08. The third-order valence-corrected chi connectivity index (χ3v) is 1.52. The molecule has 0 radical (unpaired) electrons.